The smallest absolute Gasteiger partial charge is 0.257 e. The van der Waals surface area contributed by atoms with Gasteiger partial charge in [0.05, 0.1) is 11.7 Å². The molecule has 0 spiro atoms. The minimum Gasteiger partial charge on any atom is -0.391 e. The fourth-order valence-corrected chi connectivity index (χ4v) is 4.54. The van der Waals surface area contributed by atoms with E-state index in [1.54, 1.807) is 0 Å². The molecule has 7 heteroatoms. The van der Waals surface area contributed by atoms with Crippen molar-refractivity contribution in [1.29, 1.82) is 0 Å². The van der Waals surface area contributed by atoms with Crippen LogP contribution in [0.5, 0.6) is 0 Å². The predicted octanol–water partition coefficient (Wildman–Crippen LogP) is 5.94. The van der Waals surface area contributed by atoms with Gasteiger partial charge in [0, 0.05) is 59.1 Å². The van der Waals surface area contributed by atoms with E-state index in [0.717, 1.165) is 58.3 Å². The molecule has 1 atom stereocenters. The Labute approximate surface area is 211 Å². The number of rotatable bonds is 7. The highest BCUT2D eigenvalue weighted by molar-refractivity contribution is 6.06. The quantitative estimate of drug-likeness (QED) is 0.225. The number of aromatic nitrogens is 1. The number of nitrogens with one attached hydrogen (secondary N) is 4. The zero-order valence-corrected chi connectivity index (χ0v) is 20.5. The minimum absolute atomic E-state index is 0.112. The molecule has 1 fully saturated rings. The van der Waals surface area contributed by atoms with Gasteiger partial charge in [0.2, 0.25) is 0 Å². The summed E-state index contributed by atoms with van der Waals surface area (Å²) in [5, 5.41) is 19.5. The van der Waals surface area contributed by atoms with Crippen LogP contribution >= 0.6 is 0 Å². The van der Waals surface area contributed by atoms with Crippen LogP contribution in [-0.2, 0) is 0 Å². The second-order valence-corrected chi connectivity index (χ2v) is 9.27. The largest absolute Gasteiger partial charge is 0.391 e. The molecule has 4 aromatic rings. The fourth-order valence-electron chi connectivity index (χ4n) is 4.54. The summed E-state index contributed by atoms with van der Waals surface area (Å²) in [4.78, 5) is 17.9. The molecule has 36 heavy (non-hydrogen) atoms. The molecule has 0 radical (unpaired) electrons. The van der Waals surface area contributed by atoms with E-state index in [2.05, 4.69) is 50.1 Å². The molecule has 0 aliphatic carbocycles. The first-order chi connectivity index (χ1) is 17.4. The van der Waals surface area contributed by atoms with Crippen LogP contribution in [0.25, 0.3) is 0 Å². The second kappa shape index (κ2) is 10.2. The Morgan fingerprint density at radius 3 is 1.78 bits per heavy atom. The van der Waals surface area contributed by atoms with E-state index < -0.39 is 0 Å². The third-order valence-corrected chi connectivity index (χ3v) is 6.50. The number of H-pyrrole nitrogens is 1. The Morgan fingerprint density at radius 2 is 1.33 bits per heavy atom. The summed E-state index contributed by atoms with van der Waals surface area (Å²) >= 11 is 0. The van der Waals surface area contributed by atoms with Crippen LogP contribution in [0.2, 0.25) is 0 Å². The van der Waals surface area contributed by atoms with Gasteiger partial charge in [-0.15, -0.1) is 0 Å². The molecule has 0 unspecified atom stereocenters. The van der Waals surface area contributed by atoms with Crippen molar-refractivity contribution >= 4 is 40.0 Å². The van der Waals surface area contributed by atoms with Crippen molar-refractivity contribution in [2.24, 2.45) is 0 Å². The lowest BCUT2D eigenvalue weighted by molar-refractivity contribution is 0.102. The zero-order valence-electron chi connectivity index (χ0n) is 20.5. The van der Waals surface area contributed by atoms with Crippen LogP contribution in [0.3, 0.4) is 0 Å². The van der Waals surface area contributed by atoms with E-state index in [9.17, 15) is 9.90 Å². The van der Waals surface area contributed by atoms with Gasteiger partial charge < -0.3 is 30.9 Å². The normalized spacial score (nSPS) is 15.1. The van der Waals surface area contributed by atoms with Gasteiger partial charge in [-0.3, -0.25) is 4.79 Å². The molecule has 184 valence electrons. The maximum atomic E-state index is 12.6. The number of amides is 1. The van der Waals surface area contributed by atoms with Gasteiger partial charge in [-0.25, -0.2) is 0 Å². The number of anilines is 6. The summed E-state index contributed by atoms with van der Waals surface area (Å²) < 4.78 is 0. The summed E-state index contributed by atoms with van der Waals surface area (Å²) in [5.74, 6) is -0.112. The number of β-amino-alcohol motifs (C(OH)–C–C–N with tert-alkyl or cyclic N) is 1. The van der Waals surface area contributed by atoms with E-state index in [4.69, 9.17) is 0 Å². The van der Waals surface area contributed by atoms with Crippen molar-refractivity contribution in [2.45, 2.75) is 26.4 Å². The van der Waals surface area contributed by atoms with Crippen LogP contribution in [0.4, 0.5) is 34.1 Å². The van der Waals surface area contributed by atoms with Crippen LogP contribution in [0.15, 0.2) is 79.0 Å². The topological polar surface area (TPSA) is 92.4 Å². The third-order valence-electron chi connectivity index (χ3n) is 6.50. The number of aryl methyl sites for hydroxylation is 2. The maximum Gasteiger partial charge on any atom is 0.257 e. The first-order valence-electron chi connectivity index (χ1n) is 12.2. The van der Waals surface area contributed by atoms with E-state index in [1.165, 1.54) is 0 Å². The molecule has 7 nitrogen and oxygen atoms in total. The zero-order chi connectivity index (χ0) is 25.1. The van der Waals surface area contributed by atoms with E-state index in [1.807, 2.05) is 68.6 Å². The number of aromatic amines is 1. The lowest BCUT2D eigenvalue weighted by Gasteiger charge is -2.18. The molecule has 5 rings (SSSR count). The van der Waals surface area contributed by atoms with Crippen LogP contribution in [0.1, 0.15) is 28.0 Å². The fraction of sp³-hybridized carbons (Fsp3) is 0.207. The molecule has 1 amide bonds. The first kappa shape index (κ1) is 23.5. The monoisotopic (exact) mass is 481 g/mol. The van der Waals surface area contributed by atoms with E-state index in [-0.39, 0.29) is 12.0 Å². The molecular formula is C29H31N5O2. The standard InChI is InChI=1S/C29H31N5O2/c1-19-17-30-20(2)28(19)29(36)33-25-9-7-23(8-10-25)31-21-3-5-22(6-4-21)32-24-11-13-26(14-12-24)34-16-15-27(35)18-34/h3-14,17,27,30-32,35H,15-16,18H2,1-2H3,(H,33,36)/t27-/m1/s1. The number of aliphatic hydroxyl groups is 1. The molecule has 1 saturated heterocycles. The minimum atomic E-state index is -0.225. The Morgan fingerprint density at radius 1 is 0.833 bits per heavy atom. The Bertz CT molecular complexity index is 1310. The van der Waals surface area contributed by atoms with Gasteiger partial charge in [-0.2, -0.15) is 0 Å². The Balaban J connectivity index is 1.15. The number of hydrogen-bond acceptors (Lipinski definition) is 5. The van der Waals surface area contributed by atoms with Gasteiger partial charge in [-0.05, 0) is 98.6 Å². The number of nitrogens with zero attached hydrogens (tertiary/aromatic N) is 1. The molecular weight excluding hydrogens is 450 g/mol. The van der Waals surface area contributed by atoms with Gasteiger partial charge >= 0.3 is 0 Å². The van der Waals surface area contributed by atoms with E-state index in [0.29, 0.717) is 12.1 Å². The van der Waals surface area contributed by atoms with Gasteiger partial charge in [0.25, 0.3) is 5.91 Å². The molecule has 2 heterocycles. The van der Waals surface area contributed by atoms with Crippen molar-refractivity contribution in [3.63, 3.8) is 0 Å². The first-order valence-corrected chi connectivity index (χ1v) is 12.2. The number of benzene rings is 3. The molecule has 0 saturated carbocycles. The highest BCUT2D eigenvalue weighted by Crippen LogP contribution is 2.26. The average molecular weight is 482 g/mol. The van der Waals surface area contributed by atoms with Crippen molar-refractivity contribution in [3.8, 4) is 0 Å². The Kier molecular flexibility index (Phi) is 6.64. The molecule has 5 N–H and O–H groups in total. The lowest BCUT2D eigenvalue weighted by Crippen LogP contribution is -2.20. The summed E-state index contributed by atoms with van der Waals surface area (Å²) in [6.07, 6.45) is 2.45. The van der Waals surface area contributed by atoms with Crippen molar-refractivity contribution < 1.29 is 9.90 Å². The predicted molar refractivity (Wildman–Crippen MR) is 147 cm³/mol. The molecule has 1 aliphatic rings. The van der Waals surface area contributed by atoms with Crippen molar-refractivity contribution in [1.82, 2.24) is 4.98 Å². The number of carbonyl (C=O) groups is 1. The number of hydrogen-bond donors (Lipinski definition) is 5. The average Bonchev–Trinajstić information content (AvgIpc) is 3.46. The summed E-state index contributed by atoms with van der Waals surface area (Å²) in [6, 6.07) is 24.1. The van der Waals surface area contributed by atoms with Crippen molar-refractivity contribution in [2.75, 3.05) is 33.9 Å². The number of carbonyl (C=O) groups excluding carboxylic acids is 1. The lowest BCUT2D eigenvalue weighted by atomic mass is 10.1. The van der Waals surface area contributed by atoms with Gasteiger partial charge in [0.15, 0.2) is 0 Å². The SMILES string of the molecule is Cc1c[nH]c(C)c1C(=O)Nc1ccc(Nc2ccc(Nc3ccc(N4CC[C@@H](O)C4)cc3)cc2)cc1. The van der Waals surface area contributed by atoms with Crippen LogP contribution < -0.4 is 20.9 Å². The maximum absolute atomic E-state index is 12.6. The summed E-state index contributed by atoms with van der Waals surface area (Å²) in [7, 11) is 0. The van der Waals surface area contributed by atoms with Crippen LogP contribution in [-0.4, -0.2) is 35.2 Å². The molecule has 3 aromatic carbocycles. The molecule has 1 aromatic heterocycles. The van der Waals surface area contributed by atoms with Gasteiger partial charge in [-0.1, -0.05) is 0 Å². The second-order valence-electron chi connectivity index (χ2n) is 9.27. The summed E-state index contributed by atoms with van der Waals surface area (Å²) in [6.45, 7) is 5.41. The number of aliphatic hydroxyl groups excluding tert-OH is 1. The molecule has 0 bridgehead atoms. The van der Waals surface area contributed by atoms with Crippen LogP contribution in [0, 0.1) is 13.8 Å². The highest BCUT2D eigenvalue weighted by atomic mass is 16.3. The van der Waals surface area contributed by atoms with Gasteiger partial charge in [0.1, 0.15) is 0 Å². The summed E-state index contributed by atoms with van der Waals surface area (Å²) in [5.41, 5.74) is 8.29. The Hall–Kier alpha value is -4.23. The highest BCUT2D eigenvalue weighted by Gasteiger charge is 2.20. The molecule has 1 aliphatic heterocycles. The third kappa shape index (κ3) is 5.37. The van der Waals surface area contributed by atoms with Crippen molar-refractivity contribution in [3.05, 3.63) is 95.8 Å². The van der Waals surface area contributed by atoms with E-state index >= 15 is 0 Å².